The fourth-order valence-corrected chi connectivity index (χ4v) is 8.50. The number of hydrogen-bond donors (Lipinski definition) is 1. The summed E-state index contributed by atoms with van der Waals surface area (Å²) in [7, 11) is 0. The van der Waals surface area contributed by atoms with Crippen molar-refractivity contribution in [3.05, 3.63) is 11.6 Å². The monoisotopic (exact) mass is 430 g/mol. The third-order valence-electron chi connectivity index (χ3n) is 9.89. The standard InChI is InChI=1S/C28H43ClO/c1-19(10-13-26(2,3)4)24-8-9-25-23-7-6-20-18-28(30,16-17-29)15-12-21(20)22(23)11-14-27(24,25)5/h6,19,21-25,30H,7-15,18H2,1-5H3/t19?,21-,22?,23?,24+,25?,27+,28+/m0/s1. The number of allylic oxidation sites excluding steroid dienone is 1. The lowest BCUT2D eigenvalue weighted by Gasteiger charge is -2.55. The Morgan fingerprint density at radius 2 is 1.93 bits per heavy atom. The second-order valence-electron chi connectivity index (χ2n) is 12.8. The van der Waals surface area contributed by atoms with Crippen molar-refractivity contribution in [2.75, 3.05) is 0 Å². The van der Waals surface area contributed by atoms with E-state index >= 15 is 0 Å². The van der Waals surface area contributed by atoms with Gasteiger partial charge in [-0.15, -0.1) is 0 Å². The van der Waals surface area contributed by atoms with Crippen LogP contribution >= 0.6 is 11.6 Å². The molecule has 0 saturated heterocycles. The molecule has 1 N–H and O–H groups in total. The van der Waals surface area contributed by atoms with Gasteiger partial charge in [-0.1, -0.05) is 52.2 Å². The topological polar surface area (TPSA) is 20.2 Å². The molecule has 0 heterocycles. The van der Waals surface area contributed by atoms with Crippen molar-refractivity contribution < 1.29 is 5.11 Å². The fourth-order valence-electron chi connectivity index (χ4n) is 8.32. The van der Waals surface area contributed by atoms with Gasteiger partial charge in [-0.2, -0.15) is 0 Å². The number of hydrogen-bond acceptors (Lipinski definition) is 1. The molecule has 0 spiro atoms. The molecule has 0 radical (unpaired) electrons. The molecule has 0 aromatic rings. The zero-order valence-electron chi connectivity index (χ0n) is 19.9. The lowest BCUT2D eigenvalue weighted by Crippen LogP contribution is -2.48. The molecule has 4 unspecified atom stereocenters. The van der Waals surface area contributed by atoms with Gasteiger partial charge in [0, 0.05) is 11.8 Å². The number of halogens is 1. The highest BCUT2D eigenvalue weighted by atomic mass is 35.5. The van der Waals surface area contributed by atoms with Gasteiger partial charge in [0.2, 0.25) is 0 Å². The lowest BCUT2D eigenvalue weighted by molar-refractivity contribution is -0.0352. The molecule has 1 nitrogen and oxygen atoms in total. The van der Waals surface area contributed by atoms with Gasteiger partial charge in [0.15, 0.2) is 0 Å². The fraction of sp³-hybridized carbons (Fsp3) is 0.857. The highest BCUT2D eigenvalue weighted by Gasteiger charge is 2.57. The van der Waals surface area contributed by atoms with Gasteiger partial charge in [0.25, 0.3) is 0 Å². The molecule has 3 fully saturated rings. The van der Waals surface area contributed by atoms with E-state index < -0.39 is 5.60 Å². The summed E-state index contributed by atoms with van der Waals surface area (Å²) in [6, 6.07) is 0. The minimum absolute atomic E-state index is 0.451. The van der Waals surface area contributed by atoms with Crippen LogP contribution in [0.4, 0.5) is 0 Å². The van der Waals surface area contributed by atoms with E-state index in [0.29, 0.717) is 16.7 Å². The van der Waals surface area contributed by atoms with Crippen molar-refractivity contribution in [1.29, 1.82) is 0 Å². The van der Waals surface area contributed by atoms with Crippen LogP contribution in [0.2, 0.25) is 0 Å². The molecule has 4 rings (SSSR count). The Morgan fingerprint density at radius 1 is 1.17 bits per heavy atom. The first-order valence-electron chi connectivity index (χ1n) is 12.6. The molecule has 0 amide bonds. The van der Waals surface area contributed by atoms with Crippen LogP contribution in [0.25, 0.3) is 0 Å². The molecule has 0 aromatic carbocycles. The van der Waals surface area contributed by atoms with Crippen LogP contribution in [0, 0.1) is 57.6 Å². The summed E-state index contributed by atoms with van der Waals surface area (Å²) in [6.45, 7) is 12.4. The molecule has 168 valence electrons. The third kappa shape index (κ3) is 4.13. The molecule has 2 heteroatoms. The number of rotatable bonds is 3. The van der Waals surface area contributed by atoms with E-state index in [4.69, 9.17) is 11.6 Å². The van der Waals surface area contributed by atoms with Gasteiger partial charge >= 0.3 is 0 Å². The normalized spacial score (nSPS) is 44.1. The Labute approximate surface area is 190 Å². The Morgan fingerprint density at radius 3 is 2.63 bits per heavy atom. The van der Waals surface area contributed by atoms with Gasteiger partial charge < -0.3 is 5.11 Å². The van der Waals surface area contributed by atoms with Crippen LogP contribution in [0.3, 0.4) is 0 Å². The minimum Gasteiger partial charge on any atom is -0.377 e. The lowest BCUT2D eigenvalue weighted by atomic mass is 9.50. The quantitative estimate of drug-likeness (QED) is 0.361. The Kier molecular flexibility index (Phi) is 6.18. The van der Waals surface area contributed by atoms with Crippen LogP contribution < -0.4 is 0 Å². The zero-order valence-corrected chi connectivity index (χ0v) is 20.7. The van der Waals surface area contributed by atoms with E-state index in [1.165, 1.54) is 50.5 Å². The molecule has 3 saturated carbocycles. The van der Waals surface area contributed by atoms with Crippen LogP contribution in [-0.4, -0.2) is 10.7 Å². The Balaban J connectivity index is 1.48. The molecule has 8 atom stereocenters. The molecule has 4 aliphatic rings. The van der Waals surface area contributed by atoms with Crippen LogP contribution in [0.5, 0.6) is 0 Å². The van der Waals surface area contributed by atoms with Gasteiger partial charge in [-0.05, 0) is 116 Å². The number of fused-ring (bicyclic) bond motifs is 5. The van der Waals surface area contributed by atoms with Gasteiger partial charge in [-0.3, -0.25) is 0 Å². The van der Waals surface area contributed by atoms with Crippen molar-refractivity contribution in [2.24, 2.45) is 46.3 Å². The second kappa shape index (κ2) is 8.15. The average molecular weight is 431 g/mol. The SMILES string of the molecule is CC(CCC(C)(C)C)[C@H]1CCC2C3CC=C4C[C@](O)(C#CCl)CC[C@@H]4C3CC[C@@]21C. The van der Waals surface area contributed by atoms with Crippen molar-refractivity contribution >= 4 is 11.6 Å². The Bertz CT molecular complexity index is 736. The first-order chi connectivity index (χ1) is 14.1. The van der Waals surface area contributed by atoms with E-state index in [0.717, 1.165) is 48.9 Å². The maximum atomic E-state index is 10.8. The molecule has 30 heavy (non-hydrogen) atoms. The minimum atomic E-state index is -0.888. The van der Waals surface area contributed by atoms with Crippen LogP contribution in [-0.2, 0) is 0 Å². The summed E-state index contributed by atoms with van der Waals surface area (Å²) >= 11 is 5.63. The molecule has 0 bridgehead atoms. The summed E-state index contributed by atoms with van der Waals surface area (Å²) in [5.41, 5.74) is 1.59. The van der Waals surface area contributed by atoms with E-state index in [9.17, 15) is 5.11 Å². The van der Waals surface area contributed by atoms with Crippen LogP contribution in [0.15, 0.2) is 11.6 Å². The molecular weight excluding hydrogens is 388 g/mol. The van der Waals surface area contributed by atoms with E-state index in [2.05, 4.69) is 52.0 Å². The van der Waals surface area contributed by atoms with E-state index in [1.807, 2.05) is 0 Å². The molecule has 0 aliphatic heterocycles. The first-order valence-corrected chi connectivity index (χ1v) is 13.0. The second-order valence-corrected chi connectivity index (χ2v) is 13.0. The summed E-state index contributed by atoms with van der Waals surface area (Å²) in [4.78, 5) is 0. The van der Waals surface area contributed by atoms with Gasteiger partial charge in [0.05, 0.1) is 0 Å². The maximum absolute atomic E-state index is 10.8. The first kappa shape index (κ1) is 22.7. The van der Waals surface area contributed by atoms with E-state index in [-0.39, 0.29) is 0 Å². The van der Waals surface area contributed by atoms with Crippen LogP contribution in [0.1, 0.15) is 98.8 Å². The van der Waals surface area contributed by atoms with E-state index in [1.54, 1.807) is 0 Å². The van der Waals surface area contributed by atoms with Crippen molar-refractivity contribution in [3.63, 3.8) is 0 Å². The summed E-state index contributed by atoms with van der Waals surface area (Å²) in [6.07, 6.45) is 14.8. The summed E-state index contributed by atoms with van der Waals surface area (Å²) in [5, 5.41) is 13.2. The average Bonchev–Trinajstić information content (AvgIpc) is 3.02. The van der Waals surface area contributed by atoms with Gasteiger partial charge in [0.1, 0.15) is 5.60 Å². The number of aliphatic hydroxyl groups is 1. The Hall–Kier alpha value is -0.450. The molecular formula is C28H43ClO. The molecule has 4 aliphatic carbocycles. The largest absolute Gasteiger partial charge is 0.377 e. The predicted molar refractivity (Wildman–Crippen MR) is 127 cm³/mol. The predicted octanol–water partition coefficient (Wildman–Crippen LogP) is 7.57. The maximum Gasteiger partial charge on any atom is 0.130 e. The summed E-state index contributed by atoms with van der Waals surface area (Å²) in [5.74, 6) is 7.92. The van der Waals surface area contributed by atoms with Crippen molar-refractivity contribution in [3.8, 4) is 11.3 Å². The van der Waals surface area contributed by atoms with Crippen molar-refractivity contribution in [1.82, 2.24) is 0 Å². The smallest absolute Gasteiger partial charge is 0.130 e. The van der Waals surface area contributed by atoms with Gasteiger partial charge in [-0.25, -0.2) is 0 Å². The molecule has 0 aromatic heterocycles. The highest BCUT2D eigenvalue weighted by molar-refractivity contribution is 6.30. The van der Waals surface area contributed by atoms with Crippen molar-refractivity contribution in [2.45, 2.75) is 104 Å². The summed E-state index contributed by atoms with van der Waals surface area (Å²) < 4.78 is 0. The highest BCUT2D eigenvalue weighted by Crippen LogP contribution is 2.65. The zero-order chi connectivity index (χ0) is 21.7. The third-order valence-corrected chi connectivity index (χ3v) is 9.99.